The van der Waals surface area contributed by atoms with Gasteiger partial charge in [-0.25, -0.2) is 4.39 Å². The third-order valence-electron chi connectivity index (χ3n) is 2.82. The predicted molar refractivity (Wildman–Crippen MR) is 76.8 cm³/mol. The smallest absolute Gasteiger partial charge is 0.165 e. The Bertz CT molecular complexity index is 421. The van der Waals surface area contributed by atoms with Crippen LogP contribution in [0.5, 0.6) is 0 Å². The van der Waals surface area contributed by atoms with E-state index in [1.165, 1.54) is 25.0 Å². The van der Waals surface area contributed by atoms with Crippen molar-refractivity contribution in [3.8, 4) is 0 Å². The average Bonchev–Trinajstić information content (AvgIpc) is 2.33. The molecule has 0 amide bonds. The Morgan fingerprint density at radius 2 is 1.94 bits per heavy atom. The number of rotatable bonds is 7. The van der Waals surface area contributed by atoms with Crippen molar-refractivity contribution in [1.29, 1.82) is 0 Å². The zero-order valence-corrected chi connectivity index (χ0v) is 12.8. The highest BCUT2D eigenvalue weighted by molar-refractivity contribution is 9.10. The van der Waals surface area contributed by atoms with Crippen molar-refractivity contribution in [2.45, 2.75) is 45.4 Å². The van der Waals surface area contributed by atoms with Crippen LogP contribution in [0, 0.1) is 5.82 Å². The summed E-state index contributed by atoms with van der Waals surface area (Å²) in [5.41, 5.74) is 0.0960. The Hall–Kier alpha value is -0.410. The lowest BCUT2D eigenvalue weighted by atomic mass is 10.0. The molecular weight excluding hydrogens is 319 g/mol. The van der Waals surface area contributed by atoms with Gasteiger partial charge in [-0.1, -0.05) is 44.2 Å². The number of hydrogen-bond acceptors (Lipinski definition) is 1. The van der Waals surface area contributed by atoms with Gasteiger partial charge in [0.25, 0.3) is 0 Å². The Balaban J connectivity index is 2.54. The number of carbonyl (C=O) groups excluding carboxylic acids is 1. The predicted octanol–water partition coefficient (Wildman–Crippen LogP) is 5.78. The Labute approximate surface area is 121 Å². The van der Waals surface area contributed by atoms with Crippen LogP contribution in [-0.2, 0) is 0 Å². The second-order valence-corrected chi connectivity index (χ2v) is 5.60. The first kappa shape index (κ1) is 15.6. The Morgan fingerprint density at radius 1 is 1.28 bits per heavy atom. The van der Waals surface area contributed by atoms with Crippen LogP contribution in [0.15, 0.2) is 16.6 Å². The van der Waals surface area contributed by atoms with Gasteiger partial charge in [0.1, 0.15) is 5.82 Å². The van der Waals surface area contributed by atoms with E-state index in [-0.39, 0.29) is 11.3 Å². The fourth-order valence-corrected chi connectivity index (χ4v) is 2.24. The van der Waals surface area contributed by atoms with E-state index >= 15 is 0 Å². The molecule has 0 saturated carbocycles. The molecule has 0 unspecified atom stereocenters. The maximum atomic E-state index is 13.6. The summed E-state index contributed by atoms with van der Waals surface area (Å²) in [5, 5.41) is 0.366. The van der Waals surface area contributed by atoms with E-state index in [2.05, 4.69) is 22.9 Å². The van der Waals surface area contributed by atoms with Crippen molar-refractivity contribution >= 4 is 33.3 Å². The molecule has 0 aliphatic carbocycles. The number of hydrogen-bond donors (Lipinski definition) is 0. The van der Waals surface area contributed by atoms with Crippen LogP contribution in [0.2, 0.25) is 5.02 Å². The zero-order chi connectivity index (χ0) is 13.5. The maximum absolute atomic E-state index is 13.6. The second-order valence-electron chi connectivity index (χ2n) is 4.33. The average molecular weight is 336 g/mol. The maximum Gasteiger partial charge on any atom is 0.165 e. The monoisotopic (exact) mass is 334 g/mol. The minimum absolute atomic E-state index is 0.0960. The standard InChI is InChI=1S/C14H17BrClFO/c1-2-3-4-5-6-7-14(18)10-8-12(16)11(15)9-13(10)17/h8-9H,2-7H2,1H3. The van der Waals surface area contributed by atoms with Crippen LogP contribution in [0.4, 0.5) is 4.39 Å². The molecule has 0 heterocycles. The molecule has 0 aliphatic heterocycles. The summed E-state index contributed by atoms with van der Waals surface area (Å²) in [6.07, 6.45) is 5.71. The first-order valence-electron chi connectivity index (χ1n) is 6.24. The minimum atomic E-state index is -0.509. The van der Waals surface area contributed by atoms with Crippen LogP contribution in [0.25, 0.3) is 0 Å². The lowest BCUT2D eigenvalue weighted by molar-refractivity contribution is 0.0975. The molecule has 4 heteroatoms. The SMILES string of the molecule is CCCCCCCC(=O)c1cc(Cl)c(Br)cc1F. The summed E-state index contributed by atoms with van der Waals surface area (Å²) in [5.74, 6) is -0.678. The number of unbranched alkanes of at least 4 members (excludes halogenated alkanes) is 4. The molecule has 0 aliphatic rings. The van der Waals surface area contributed by atoms with Gasteiger partial charge in [0.05, 0.1) is 10.6 Å². The minimum Gasteiger partial charge on any atom is -0.294 e. The number of halogens is 3. The van der Waals surface area contributed by atoms with Gasteiger partial charge in [-0.3, -0.25) is 4.79 Å². The Kier molecular flexibility index (Phi) is 6.87. The van der Waals surface area contributed by atoms with Crippen LogP contribution in [-0.4, -0.2) is 5.78 Å². The quantitative estimate of drug-likeness (QED) is 0.350. The fraction of sp³-hybridized carbons (Fsp3) is 0.500. The number of Topliss-reactive ketones (excluding diaryl/α,β-unsaturated/α-hetero) is 1. The van der Waals surface area contributed by atoms with E-state index in [4.69, 9.17) is 11.6 Å². The highest BCUT2D eigenvalue weighted by atomic mass is 79.9. The summed E-state index contributed by atoms with van der Waals surface area (Å²) in [6.45, 7) is 2.14. The summed E-state index contributed by atoms with van der Waals surface area (Å²) in [7, 11) is 0. The summed E-state index contributed by atoms with van der Waals surface area (Å²) in [6, 6.07) is 2.64. The molecule has 0 atom stereocenters. The van der Waals surface area contributed by atoms with Crippen molar-refractivity contribution in [2.75, 3.05) is 0 Å². The van der Waals surface area contributed by atoms with Gasteiger partial charge in [-0.05, 0) is 34.5 Å². The molecule has 0 radical (unpaired) electrons. The van der Waals surface area contributed by atoms with Crippen LogP contribution in [0.3, 0.4) is 0 Å². The molecule has 1 nitrogen and oxygen atoms in total. The van der Waals surface area contributed by atoms with Crippen molar-refractivity contribution in [3.05, 3.63) is 33.0 Å². The van der Waals surface area contributed by atoms with E-state index in [9.17, 15) is 9.18 Å². The normalized spacial score (nSPS) is 10.7. The molecule has 1 aromatic rings. The Morgan fingerprint density at radius 3 is 2.61 bits per heavy atom. The lowest BCUT2D eigenvalue weighted by Gasteiger charge is -2.05. The number of benzene rings is 1. The molecule has 0 fully saturated rings. The molecule has 0 spiro atoms. The largest absolute Gasteiger partial charge is 0.294 e. The van der Waals surface area contributed by atoms with E-state index in [0.29, 0.717) is 15.9 Å². The topological polar surface area (TPSA) is 17.1 Å². The molecule has 0 saturated heterocycles. The van der Waals surface area contributed by atoms with E-state index in [0.717, 1.165) is 19.3 Å². The zero-order valence-electron chi connectivity index (χ0n) is 10.4. The van der Waals surface area contributed by atoms with Gasteiger partial charge in [-0.15, -0.1) is 0 Å². The van der Waals surface area contributed by atoms with Crippen molar-refractivity contribution in [1.82, 2.24) is 0 Å². The molecule has 0 bridgehead atoms. The molecular formula is C14H17BrClFO. The summed E-state index contributed by atoms with van der Waals surface area (Å²) >= 11 is 8.99. The van der Waals surface area contributed by atoms with Gasteiger partial charge >= 0.3 is 0 Å². The molecule has 0 N–H and O–H groups in total. The van der Waals surface area contributed by atoms with Gasteiger partial charge in [0, 0.05) is 10.9 Å². The van der Waals surface area contributed by atoms with Crippen LogP contribution >= 0.6 is 27.5 Å². The first-order chi connectivity index (χ1) is 8.56. The molecule has 0 aromatic heterocycles. The van der Waals surface area contributed by atoms with Gasteiger partial charge < -0.3 is 0 Å². The molecule has 1 rings (SSSR count). The third kappa shape index (κ3) is 4.69. The van der Waals surface area contributed by atoms with Gasteiger partial charge in [-0.2, -0.15) is 0 Å². The molecule has 18 heavy (non-hydrogen) atoms. The van der Waals surface area contributed by atoms with E-state index in [1.807, 2.05) is 0 Å². The number of ketones is 1. The van der Waals surface area contributed by atoms with Crippen LogP contribution in [0.1, 0.15) is 55.8 Å². The highest BCUT2D eigenvalue weighted by Crippen LogP contribution is 2.26. The summed E-state index contributed by atoms with van der Waals surface area (Å²) in [4.78, 5) is 11.8. The third-order valence-corrected chi connectivity index (χ3v) is 4.01. The van der Waals surface area contributed by atoms with Crippen molar-refractivity contribution in [3.63, 3.8) is 0 Å². The first-order valence-corrected chi connectivity index (χ1v) is 7.41. The summed E-state index contributed by atoms with van der Waals surface area (Å²) < 4.78 is 14.1. The van der Waals surface area contributed by atoms with Crippen molar-refractivity contribution < 1.29 is 9.18 Å². The highest BCUT2D eigenvalue weighted by Gasteiger charge is 2.14. The van der Waals surface area contributed by atoms with Crippen molar-refractivity contribution in [2.24, 2.45) is 0 Å². The van der Waals surface area contributed by atoms with Gasteiger partial charge in [0.2, 0.25) is 0 Å². The molecule has 1 aromatic carbocycles. The lowest BCUT2D eigenvalue weighted by Crippen LogP contribution is -2.02. The number of carbonyl (C=O) groups is 1. The van der Waals surface area contributed by atoms with Crippen LogP contribution < -0.4 is 0 Å². The van der Waals surface area contributed by atoms with E-state index in [1.54, 1.807) is 0 Å². The fourth-order valence-electron chi connectivity index (χ4n) is 1.76. The van der Waals surface area contributed by atoms with Gasteiger partial charge in [0.15, 0.2) is 5.78 Å². The second kappa shape index (κ2) is 7.90. The molecule has 100 valence electrons. The van der Waals surface area contributed by atoms with E-state index < -0.39 is 5.82 Å².